The van der Waals surface area contributed by atoms with E-state index in [1.807, 2.05) is 32.0 Å². The second kappa shape index (κ2) is 9.70. The minimum Gasteiger partial charge on any atom is -0.289 e. The number of carbonyl (C=O) groups is 2. The summed E-state index contributed by atoms with van der Waals surface area (Å²) in [7, 11) is -3.59. The topological polar surface area (TPSA) is 113 Å². The Bertz CT molecular complexity index is 1100. The van der Waals surface area contributed by atoms with Gasteiger partial charge in [0.2, 0.25) is 11.8 Å². The number of anilines is 1. The van der Waals surface area contributed by atoms with Crippen molar-refractivity contribution in [1.82, 2.24) is 5.48 Å². The molecular formula is C22H28N2O6S2. The Balaban J connectivity index is 2.02. The molecule has 2 aromatic rings. The van der Waals surface area contributed by atoms with Crippen molar-refractivity contribution in [3.05, 3.63) is 41.3 Å². The van der Waals surface area contributed by atoms with Crippen molar-refractivity contribution in [2.45, 2.75) is 57.3 Å². The molecule has 1 fully saturated rings. The number of amides is 2. The molecule has 0 bridgehead atoms. The van der Waals surface area contributed by atoms with Crippen molar-refractivity contribution in [3.8, 4) is 10.4 Å². The highest BCUT2D eigenvalue weighted by Gasteiger charge is 2.49. The molecule has 1 aromatic carbocycles. The Morgan fingerprint density at radius 1 is 1.25 bits per heavy atom. The molecule has 1 aliphatic rings. The van der Waals surface area contributed by atoms with Crippen LogP contribution in [0.25, 0.3) is 10.4 Å². The van der Waals surface area contributed by atoms with Gasteiger partial charge in [-0.25, -0.2) is 13.9 Å². The first-order valence-corrected chi connectivity index (χ1v) is 12.9. The van der Waals surface area contributed by atoms with Crippen molar-refractivity contribution < 1.29 is 28.1 Å². The van der Waals surface area contributed by atoms with E-state index in [-0.39, 0.29) is 24.2 Å². The quantitative estimate of drug-likeness (QED) is 0.460. The van der Waals surface area contributed by atoms with Gasteiger partial charge < -0.3 is 0 Å². The summed E-state index contributed by atoms with van der Waals surface area (Å²) in [6.07, 6.45) is 1.04. The van der Waals surface area contributed by atoms with Crippen molar-refractivity contribution in [1.29, 1.82) is 0 Å². The molecule has 2 N–H and O–H groups in total. The summed E-state index contributed by atoms with van der Waals surface area (Å²) >= 11 is 1.30. The molecule has 1 saturated heterocycles. The summed E-state index contributed by atoms with van der Waals surface area (Å²) in [6.45, 7) is 5.08. The molecule has 0 radical (unpaired) electrons. The minimum absolute atomic E-state index is 0.00847. The lowest BCUT2D eigenvalue weighted by molar-refractivity contribution is -0.130. The van der Waals surface area contributed by atoms with Gasteiger partial charge in [0.15, 0.2) is 9.84 Å². The molecule has 0 saturated carbocycles. The van der Waals surface area contributed by atoms with E-state index in [0.717, 1.165) is 10.4 Å². The predicted molar refractivity (Wildman–Crippen MR) is 123 cm³/mol. The molecule has 0 aliphatic carbocycles. The van der Waals surface area contributed by atoms with Gasteiger partial charge in [-0.2, -0.15) is 5.06 Å². The number of hydroxylamine groups is 2. The Morgan fingerprint density at radius 2 is 2.00 bits per heavy atom. The standard InChI is InChI=1S/C22H28N2O6S2/c1-15(2)30-24(16(3)25)18-8-6-7-17(13-18)19-9-10-20(31-19)22(14-21(26)23-27)11-4-5-12-32(22,28)29/h6-10,13,15,27H,4-5,11-12,14H2,1-3H3,(H,23,26)/t22-/m0/s1. The van der Waals surface area contributed by atoms with E-state index in [1.165, 1.54) is 23.3 Å². The molecule has 10 heteroatoms. The van der Waals surface area contributed by atoms with E-state index in [1.54, 1.807) is 23.7 Å². The van der Waals surface area contributed by atoms with E-state index in [4.69, 9.17) is 10.0 Å². The number of carbonyl (C=O) groups excluding carboxylic acids is 2. The van der Waals surface area contributed by atoms with Gasteiger partial charge in [0.1, 0.15) is 4.75 Å². The van der Waals surface area contributed by atoms with E-state index >= 15 is 0 Å². The second-order valence-electron chi connectivity index (χ2n) is 8.16. The van der Waals surface area contributed by atoms with Crippen LogP contribution in [0.3, 0.4) is 0 Å². The average Bonchev–Trinajstić information content (AvgIpc) is 3.24. The van der Waals surface area contributed by atoms with Gasteiger partial charge in [-0.3, -0.25) is 19.6 Å². The Hall–Kier alpha value is -2.27. The fourth-order valence-corrected chi connectivity index (χ4v) is 7.74. The first kappa shape index (κ1) is 24.4. The molecule has 1 atom stereocenters. The molecule has 32 heavy (non-hydrogen) atoms. The van der Waals surface area contributed by atoms with Crippen molar-refractivity contribution in [2.75, 3.05) is 10.8 Å². The van der Waals surface area contributed by atoms with Crippen molar-refractivity contribution in [3.63, 3.8) is 0 Å². The summed E-state index contributed by atoms with van der Waals surface area (Å²) < 4.78 is 24.9. The van der Waals surface area contributed by atoms with Crippen LogP contribution in [-0.4, -0.2) is 37.3 Å². The van der Waals surface area contributed by atoms with E-state index in [9.17, 15) is 18.0 Å². The van der Waals surface area contributed by atoms with Crippen LogP contribution in [0.5, 0.6) is 0 Å². The molecule has 1 aromatic heterocycles. The SMILES string of the molecule is CC(=O)N(OC(C)C)c1cccc(-c2ccc([C@@]3(CC(=O)NO)CCCCS3(=O)=O)s2)c1. The Kier molecular flexibility index (Phi) is 7.39. The zero-order chi connectivity index (χ0) is 23.5. The van der Waals surface area contributed by atoms with Gasteiger partial charge >= 0.3 is 0 Å². The molecule has 2 heterocycles. The van der Waals surface area contributed by atoms with Gasteiger partial charge in [0.25, 0.3) is 0 Å². The minimum atomic E-state index is -3.59. The smallest absolute Gasteiger partial charge is 0.247 e. The zero-order valence-corrected chi connectivity index (χ0v) is 20.0. The van der Waals surface area contributed by atoms with Crippen LogP contribution in [0, 0.1) is 0 Å². The number of sulfone groups is 1. The second-order valence-corrected chi connectivity index (χ2v) is 11.7. The molecule has 174 valence electrons. The number of rotatable bonds is 7. The highest BCUT2D eigenvalue weighted by molar-refractivity contribution is 7.92. The Labute approximate surface area is 192 Å². The number of benzene rings is 1. The summed E-state index contributed by atoms with van der Waals surface area (Å²) in [4.78, 5) is 31.1. The number of nitrogens with zero attached hydrogens (tertiary/aromatic N) is 1. The molecule has 8 nitrogen and oxygen atoms in total. The largest absolute Gasteiger partial charge is 0.289 e. The predicted octanol–water partition coefficient (Wildman–Crippen LogP) is 3.80. The zero-order valence-electron chi connectivity index (χ0n) is 18.3. The third-order valence-electron chi connectivity index (χ3n) is 5.43. The van der Waals surface area contributed by atoms with Crippen molar-refractivity contribution >= 4 is 38.7 Å². The highest BCUT2D eigenvalue weighted by atomic mass is 32.2. The lowest BCUT2D eigenvalue weighted by atomic mass is 9.94. The highest BCUT2D eigenvalue weighted by Crippen LogP contribution is 2.47. The van der Waals surface area contributed by atoms with E-state index in [2.05, 4.69) is 0 Å². The van der Waals surface area contributed by atoms with Crippen LogP contribution in [0.4, 0.5) is 5.69 Å². The normalized spacial score (nSPS) is 20.2. The maximum atomic E-state index is 13.1. The van der Waals surface area contributed by atoms with Crippen molar-refractivity contribution in [2.24, 2.45) is 0 Å². The van der Waals surface area contributed by atoms with Gasteiger partial charge in [-0.15, -0.1) is 11.3 Å². The number of thiophene rings is 1. The van der Waals surface area contributed by atoms with Gasteiger partial charge in [0, 0.05) is 16.7 Å². The summed E-state index contributed by atoms with van der Waals surface area (Å²) in [5.74, 6) is -0.977. The van der Waals surface area contributed by atoms with Crippen LogP contribution in [0.2, 0.25) is 0 Å². The van der Waals surface area contributed by atoms with Crippen LogP contribution in [0.15, 0.2) is 36.4 Å². The molecule has 1 aliphatic heterocycles. The van der Waals surface area contributed by atoms with Gasteiger partial charge in [0.05, 0.1) is 24.0 Å². The molecule has 3 rings (SSSR count). The van der Waals surface area contributed by atoms with Crippen LogP contribution in [-0.2, 0) is 29.0 Å². The average molecular weight is 481 g/mol. The maximum absolute atomic E-state index is 13.1. The monoisotopic (exact) mass is 480 g/mol. The first-order chi connectivity index (χ1) is 15.1. The van der Waals surface area contributed by atoms with Gasteiger partial charge in [-0.05, 0) is 56.5 Å². The number of hydrogen-bond donors (Lipinski definition) is 2. The lowest BCUT2D eigenvalue weighted by Gasteiger charge is -2.35. The fourth-order valence-electron chi connectivity index (χ4n) is 3.97. The van der Waals surface area contributed by atoms with E-state index < -0.39 is 20.5 Å². The summed E-state index contributed by atoms with van der Waals surface area (Å²) in [5, 5.41) is 10.3. The van der Waals surface area contributed by atoms with Crippen LogP contribution in [0.1, 0.15) is 51.3 Å². The molecular weight excluding hydrogens is 452 g/mol. The first-order valence-electron chi connectivity index (χ1n) is 10.4. The molecule has 0 spiro atoms. The van der Waals surface area contributed by atoms with E-state index in [0.29, 0.717) is 29.8 Å². The third kappa shape index (κ3) is 4.88. The third-order valence-corrected chi connectivity index (χ3v) is 9.49. The van der Waals surface area contributed by atoms with Crippen LogP contribution >= 0.6 is 11.3 Å². The Morgan fingerprint density at radius 3 is 2.62 bits per heavy atom. The maximum Gasteiger partial charge on any atom is 0.247 e. The lowest BCUT2D eigenvalue weighted by Crippen LogP contribution is -2.43. The number of hydrogen-bond acceptors (Lipinski definition) is 7. The fraction of sp³-hybridized carbons (Fsp3) is 0.455. The summed E-state index contributed by atoms with van der Waals surface area (Å²) in [5.41, 5.74) is 2.95. The molecule has 2 amide bonds. The van der Waals surface area contributed by atoms with Crippen LogP contribution < -0.4 is 10.5 Å². The number of nitrogens with one attached hydrogen (secondary N) is 1. The van der Waals surface area contributed by atoms with Gasteiger partial charge in [-0.1, -0.05) is 18.6 Å². The summed E-state index contributed by atoms with van der Waals surface area (Å²) in [6, 6.07) is 10.8. The molecule has 0 unspecified atom stereocenters.